The maximum Gasteiger partial charge on any atom is 0.260 e. The van der Waals surface area contributed by atoms with Crippen LogP contribution in [0, 0.1) is 6.92 Å². The summed E-state index contributed by atoms with van der Waals surface area (Å²) in [5.74, 6) is 0.489. The summed E-state index contributed by atoms with van der Waals surface area (Å²) < 4.78 is 10.5. The van der Waals surface area contributed by atoms with Gasteiger partial charge in [0.2, 0.25) is 5.91 Å². The smallest absolute Gasteiger partial charge is 0.260 e. The van der Waals surface area contributed by atoms with Crippen LogP contribution in [0.5, 0.6) is 0 Å². The van der Waals surface area contributed by atoms with Crippen LogP contribution in [0.15, 0.2) is 34.9 Å². The molecule has 0 bridgehead atoms. The molecule has 0 radical (unpaired) electrons. The lowest BCUT2D eigenvalue weighted by molar-refractivity contribution is -0.136. The lowest BCUT2D eigenvalue weighted by Gasteiger charge is -2.19. The summed E-state index contributed by atoms with van der Waals surface area (Å²) in [5, 5.41) is 14.3. The normalized spacial score (nSPS) is 20.5. The molecule has 1 aliphatic rings. The van der Waals surface area contributed by atoms with Crippen molar-refractivity contribution in [2.45, 2.75) is 25.4 Å². The van der Waals surface area contributed by atoms with Gasteiger partial charge in [0, 0.05) is 13.0 Å². The number of hydrogen-bond donors (Lipinski definition) is 1. The minimum absolute atomic E-state index is 0.00573. The topological polar surface area (TPSA) is 88.7 Å². The number of aromatic nitrogens is 2. The van der Waals surface area contributed by atoms with Crippen LogP contribution in [0.3, 0.4) is 0 Å². The Kier molecular flexibility index (Phi) is 4.92. The van der Waals surface area contributed by atoms with Crippen LogP contribution in [-0.2, 0) is 21.6 Å². The summed E-state index contributed by atoms with van der Waals surface area (Å²) in [5.41, 5.74) is -0.0895. The monoisotopic (exact) mass is 331 g/mol. The van der Waals surface area contributed by atoms with Crippen LogP contribution in [0.25, 0.3) is 0 Å². The zero-order chi connectivity index (χ0) is 17.0. The van der Waals surface area contributed by atoms with Gasteiger partial charge in [-0.2, -0.15) is 4.98 Å². The molecule has 128 valence electrons. The number of carbonyl (C=O) groups excluding carboxylic acids is 1. The molecular weight excluding hydrogens is 310 g/mol. The fraction of sp³-hybridized carbons (Fsp3) is 0.471. The van der Waals surface area contributed by atoms with E-state index in [1.165, 1.54) is 5.56 Å². The van der Waals surface area contributed by atoms with Gasteiger partial charge in [0.15, 0.2) is 11.4 Å². The third kappa shape index (κ3) is 3.80. The Labute approximate surface area is 140 Å². The first-order valence-electron chi connectivity index (χ1n) is 7.99. The number of aliphatic hydroxyl groups is 1. The maximum atomic E-state index is 12.2. The Hall–Kier alpha value is -2.25. The average molecular weight is 331 g/mol. The predicted molar refractivity (Wildman–Crippen MR) is 85.1 cm³/mol. The summed E-state index contributed by atoms with van der Waals surface area (Å²) in [6.45, 7) is 2.77. The number of amides is 1. The molecule has 7 heteroatoms. The molecule has 1 amide bonds. The molecule has 1 aromatic carbocycles. The van der Waals surface area contributed by atoms with Gasteiger partial charge >= 0.3 is 0 Å². The molecule has 1 aromatic heterocycles. The molecule has 0 spiro atoms. The number of β-amino-alcohol motifs (C(OH)–C–C–N with tert-alkyl or cyclic N) is 1. The fourth-order valence-corrected chi connectivity index (χ4v) is 2.75. The van der Waals surface area contributed by atoms with Crippen LogP contribution in [0.1, 0.15) is 23.7 Å². The Bertz CT molecular complexity index is 688. The van der Waals surface area contributed by atoms with E-state index in [-0.39, 0.29) is 24.9 Å². The Balaban J connectivity index is 1.45. The third-order valence-electron chi connectivity index (χ3n) is 4.13. The first-order valence-corrected chi connectivity index (χ1v) is 7.99. The van der Waals surface area contributed by atoms with Gasteiger partial charge in [-0.1, -0.05) is 35.5 Å². The van der Waals surface area contributed by atoms with E-state index in [9.17, 15) is 9.90 Å². The predicted octanol–water partition coefficient (Wildman–Crippen LogP) is 1.06. The first kappa shape index (κ1) is 16.6. The zero-order valence-electron chi connectivity index (χ0n) is 13.6. The second kappa shape index (κ2) is 7.11. The van der Waals surface area contributed by atoms with Crippen molar-refractivity contribution in [1.29, 1.82) is 0 Å². The molecule has 0 aliphatic carbocycles. The van der Waals surface area contributed by atoms with Crippen LogP contribution in [-0.4, -0.2) is 52.4 Å². The Morgan fingerprint density at radius 1 is 1.42 bits per heavy atom. The van der Waals surface area contributed by atoms with Crippen molar-refractivity contribution < 1.29 is 19.2 Å². The third-order valence-corrected chi connectivity index (χ3v) is 4.13. The van der Waals surface area contributed by atoms with E-state index in [2.05, 4.69) is 10.1 Å². The maximum absolute atomic E-state index is 12.2. The van der Waals surface area contributed by atoms with E-state index in [4.69, 9.17) is 9.26 Å². The second-order valence-electron chi connectivity index (χ2n) is 6.03. The van der Waals surface area contributed by atoms with Crippen molar-refractivity contribution in [2.75, 3.05) is 26.3 Å². The lowest BCUT2D eigenvalue weighted by Crippen LogP contribution is -2.36. The number of carbonyl (C=O) groups is 1. The SMILES string of the molecule is Cc1noc(C2(O)CCN(C(=O)COCCc3ccccc3)C2)n1. The molecule has 3 rings (SSSR count). The van der Waals surface area contributed by atoms with Crippen molar-refractivity contribution in [1.82, 2.24) is 15.0 Å². The van der Waals surface area contributed by atoms with Crippen molar-refractivity contribution in [3.8, 4) is 0 Å². The number of likely N-dealkylation sites (tertiary alicyclic amines) is 1. The molecule has 1 saturated heterocycles. The summed E-state index contributed by atoms with van der Waals surface area (Å²) in [7, 11) is 0. The largest absolute Gasteiger partial charge is 0.378 e. The number of benzene rings is 1. The summed E-state index contributed by atoms with van der Waals surface area (Å²) in [4.78, 5) is 17.8. The molecule has 1 unspecified atom stereocenters. The zero-order valence-corrected chi connectivity index (χ0v) is 13.6. The highest BCUT2D eigenvalue weighted by Crippen LogP contribution is 2.30. The van der Waals surface area contributed by atoms with Crippen LogP contribution < -0.4 is 0 Å². The molecular formula is C17H21N3O4. The second-order valence-corrected chi connectivity index (χ2v) is 6.03. The Morgan fingerprint density at radius 3 is 2.92 bits per heavy atom. The van der Waals surface area contributed by atoms with Gasteiger partial charge in [0.25, 0.3) is 5.89 Å². The number of aryl methyl sites for hydroxylation is 1. The van der Waals surface area contributed by atoms with Gasteiger partial charge in [-0.15, -0.1) is 0 Å². The lowest BCUT2D eigenvalue weighted by atomic mass is 10.0. The van der Waals surface area contributed by atoms with Gasteiger partial charge in [-0.25, -0.2) is 0 Å². The first-order chi connectivity index (χ1) is 11.6. The standard InChI is InChI=1S/C17H21N3O4/c1-13-18-16(24-19-13)17(22)8-9-20(12-17)15(21)11-23-10-7-14-5-3-2-4-6-14/h2-6,22H,7-12H2,1H3. The molecule has 1 N–H and O–H groups in total. The van der Waals surface area contributed by atoms with Crippen molar-refractivity contribution in [3.63, 3.8) is 0 Å². The van der Waals surface area contributed by atoms with Gasteiger partial charge in [0.1, 0.15) is 6.61 Å². The number of hydrogen-bond acceptors (Lipinski definition) is 6. The van der Waals surface area contributed by atoms with Crippen molar-refractivity contribution in [2.24, 2.45) is 0 Å². The summed E-state index contributed by atoms with van der Waals surface area (Å²) in [6, 6.07) is 9.97. The van der Waals surface area contributed by atoms with E-state index in [0.29, 0.717) is 25.4 Å². The Morgan fingerprint density at radius 2 is 2.21 bits per heavy atom. The summed E-state index contributed by atoms with van der Waals surface area (Å²) in [6.07, 6.45) is 1.14. The molecule has 7 nitrogen and oxygen atoms in total. The molecule has 1 fully saturated rings. The van der Waals surface area contributed by atoms with Gasteiger partial charge in [-0.05, 0) is 18.9 Å². The number of nitrogens with zero attached hydrogens (tertiary/aromatic N) is 3. The van der Waals surface area contributed by atoms with Gasteiger partial charge < -0.3 is 19.3 Å². The van der Waals surface area contributed by atoms with E-state index >= 15 is 0 Å². The fourth-order valence-electron chi connectivity index (χ4n) is 2.75. The summed E-state index contributed by atoms with van der Waals surface area (Å²) >= 11 is 0. The molecule has 2 heterocycles. The quantitative estimate of drug-likeness (QED) is 0.796. The highest BCUT2D eigenvalue weighted by Gasteiger charge is 2.43. The molecule has 1 atom stereocenters. The number of ether oxygens (including phenoxy) is 1. The van der Waals surface area contributed by atoms with E-state index < -0.39 is 5.60 Å². The van der Waals surface area contributed by atoms with Gasteiger partial charge in [-0.3, -0.25) is 4.79 Å². The minimum Gasteiger partial charge on any atom is -0.378 e. The molecule has 1 aliphatic heterocycles. The minimum atomic E-state index is -1.26. The molecule has 24 heavy (non-hydrogen) atoms. The molecule has 0 saturated carbocycles. The average Bonchev–Trinajstić information content (AvgIpc) is 3.20. The van der Waals surface area contributed by atoms with E-state index in [1.807, 2.05) is 30.3 Å². The van der Waals surface area contributed by atoms with Crippen LogP contribution in [0.2, 0.25) is 0 Å². The highest BCUT2D eigenvalue weighted by atomic mass is 16.5. The van der Waals surface area contributed by atoms with Crippen LogP contribution >= 0.6 is 0 Å². The highest BCUT2D eigenvalue weighted by molar-refractivity contribution is 5.77. The van der Waals surface area contributed by atoms with Crippen molar-refractivity contribution in [3.05, 3.63) is 47.6 Å². The van der Waals surface area contributed by atoms with Gasteiger partial charge in [0.05, 0.1) is 13.2 Å². The van der Waals surface area contributed by atoms with E-state index in [0.717, 1.165) is 6.42 Å². The molecule has 2 aromatic rings. The van der Waals surface area contributed by atoms with Crippen molar-refractivity contribution >= 4 is 5.91 Å². The van der Waals surface area contributed by atoms with E-state index in [1.54, 1.807) is 11.8 Å². The number of rotatable bonds is 6. The van der Waals surface area contributed by atoms with Crippen LogP contribution in [0.4, 0.5) is 0 Å².